The largest absolute Gasteiger partial charge is 0.369 e. The molecule has 2 fully saturated rings. The molecule has 1 saturated carbocycles. The molecule has 3 heteroatoms. The van der Waals surface area contributed by atoms with Crippen LogP contribution in [0, 0.1) is 5.41 Å². The average molecular weight is 167 g/mol. The van der Waals surface area contributed by atoms with Crippen molar-refractivity contribution in [1.82, 2.24) is 10.2 Å². The second kappa shape index (κ2) is 3.05. The molecule has 1 saturated heterocycles. The van der Waals surface area contributed by atoms with E-state index < -0.39 is 0 Å². The molecule has 2 atom stereocenters. The first-order chi connectivity index (χ1) is 5.77. The highest BCUT2D eigenvalue weighted by atomic mass is 15.2. The van der Waals surface area contributed by atoms with E-state index in [2.05, 4.69) is 17.3 Å². The predicted molar refractivity (Wildman–Crippen MR) is 49.5 cm³/mol. The second-order valence-corrected chi connectivity index (χ2v) is 4.00. The number of piperazine rings is 1. The number of hydrogen-bond acceptors (Lipinski definition) is 2. The number of likely N-dealkylation sites (N-methyl/N-ethyl adjacent to an activating group) is 1. The van der Waals surface area contributed by atoms with Crippen molar-refractivity contribution in [3.05, 3.63) is 0 Å². The third-order valence-corrected chi connectivity index (χ3v) is 3.06. The van der Waals surface area contributed by atoms with Gasteiger partial charge in [0.25, 0.3) is 0 Å². The Morgan fingerprint density at radius 3 is 3.00 bits per heavy atom. The summed E-state index contributed by atoms with van der Waals surface area (Å²) in [5.41, 5.74) is 0. The van der Waals surface area contributed by atoms with Crippen molar-refractivity contribution in [3.63, 3.8) is 0 Å². The highest BCUT2D eigenvalue weighted by Gasteiger charge is 2.32. The number of amidine groups is 1. The highest BCUT2D eigenvalue weighted by Crippen LogP contribution is 2.24. The van der Waals surface area contributed by atoms with Gasteiger partial charge in [-0.25, -0.2) is 0 Å². The summed E-state index contributed by atoms with van der Waals surface area (Å²) in [7, 11) is 2.14. The lowest BCUT2D eigenvalue weighted by Gasteiger charge is -2.43. The lowest BCUT2D eigenvalue weighted by atomic mass is 9.88. The summed E-state index contributed by atoms with van der Waals surface area (Å²) >= 11 is 0. The van der Waals surface area contributed by atoms with Crippen molar-refractivity contribution in [1.29, 1.82) is 5.41 Å². The summed E-state index contributed by atoms with van der Waals surface area (Å²) in [6, 6.07) is 1.25. The second-order valence-electron chi connectivity index (χ2n) is 4.00. The summed E-state index contributed by atoms with van der Waals surface area (Å²) in [5.74, 6) is 0.695. The molecule has 0 amide bonds. The minimum atomic E-state index is 0.560. The number of rotatable bonds is 0. The van der Waals surface area contributed by atoms with Gasteiger partial charge in [-0.1, -0.05) is 12.8 Å². The Morgan fingerprint density at radius 2 is 2.17 bits per heavy atom. The number of nitrogens with one attached hydrogen (secondary N) is 2. The fourth-order valence-corrected chi connectivity index (χ4v) is 2.44. The average Bonchev–Trinajstić information content (AvgIpc) is 2.04. The third-order valence-electron chi connectivity index (χ3n) is 3.06. The van der Waals surface area contributed by atoms with Gasteiger partial charge in [0.05, 0.1) is 6.54 Å². The van der Waals surface area contributed by atoms with Crippen LogP contribution >= 0.6 is 0 Å². The SMILES string of the molecule is CN1CC(=N)NC2CCCCC21. The van der Waals surface area contributed by atoms with Gasteiger partial charge in [-0.05, 0) is 19.9 Å². The molecule has 3 nitrogen and oxygen atoms in total. The minimum Gasteiger partial charge on any atom is -0.369 e. The van der Waals surface area contributed by atoms with E-state index in [0.717, 1.165) is 6.54 Å². The first kappa shape index (κ1) is 8.05. The van der Waals surface area contributed by atoms with Crippen molar-refractivity contribution in [3.8, 4) is 0 Å². The molecule has 0 aromatic heterocycles. The molecular formula is C9H17N3. The van der Waals surface area contributed by atoms with Crippen LogP contribution in [0.3, 0.4) is 0 Å². The normalized spacial score (nSPS) is 37.2. The zero-order valence-corrected chi connectivity index (χ0v) is 7.64. The standard InChI is InChI=1S/C9H17N3/c1-12-6-9(10)11-7-4-2-3-5-8(7)12/h7-8H,2-6H2,1H3,(H2,10,11). The van der Waals surface area contributed by atoms with E-state index in [1.165, 1.54) is 25.7 Å². The molecule has 2 unspecified atom stereocenters. The van der Waals surface area contributed by atoms with Gasteiger partial charge >= 0.3 is 0 Å². The molecule has 0 radical (unpaired) electrons. The molecule has 2 aliphatic rings. The summed E-state index contributed by atoms with van der Waals surface area (Å²) < 4.78 is 0. The van der Waals surface area contributed by atoms with Gasteiger partial charge < -0.3 is 5.32 Å². The molecular weight excluding hydrogens is 150 g/mol. The Morgan fingerprint density at radius 1 is 1.42 bits per heavy atom. The van der Waals surface area contributed by atoms with Crippen molar-refractivity contribution in [2.24, 2.45) is 0 Å². The molecule has 68 valence electrons. The fourth-order valence-electron chi connectivity index (χ4n) is 2.44. The van der Waals surface area contributed by atoms with Crippen LogP contribution in [0.4, 0.5) is 0 Å². The molecule has 1 aliphatic carbocycles. The summed E-state index contributed by atoms with van der Waals surface area (Å²) in [6.07, 6.45) is 5.24. The van der Waals surface area contributed by atoms with E-state index in [1.807, 2.05) is 0 Å². The Kier molecular flexibility index (Phi) is 2.05. The third kappa shape index (κ3) is 1.33. The van der Waals surface area contributed by atoms with Gasteiger partial charge in [0.1, 0.15) is 5.84 Å². The highest BCUT2D eigenvalue weighted by molar-refractivity contribution is 5.82. The van der Waals surface area contributed by atoms with Crippen LogP contribution in [0.25, 0.3) is 0 Å². The quantitative estimate of drug-likeness (QED) is 0.560. The number of hydrogen-bond donors (Lipinski definition) is 2. The Labute approximate surface area is 73.6 Å². The maximum atomic E-state index is 7.59. The first-order valence-corrected chi connectivity index (χ1v) is 4.81. The van der Waals surface area contributed by atoms with Crippen LogP contribution in [0.15, 0.2) is 0 Å². The summed E-state index contributed by atoms with van der Waals surface area (Å²) in [5, 5.41) is 10.9. The molecule has 0 aromatic carbocycles. The number of fused-ring (bicyclic) bond motifs is 1. The zero-order valence-electron chi connectivity index (χ0n) is 7.64. The molecule has 1 heterocycles. The van der Waals surface area contributed by atoms with Crippen LogP contribution in [0.1, 0.15) is 25.7 Å². The summed E-state index contributed by atoms with van der Waals surface area (Å²) in [4.78, 5) is 2.32. The molecule has 2 N–H and O–H groups in total. The van der Waals surface area contributed by atoms with E-state index >= 15 is 0 Å². The van der Waals surface area contributed by atoms with Gasteiger partial charge in [0, 0.05) is 12.1 Å². The minimum absolute atomic E-state index is 0.560. The fraction of sp³-hybridized carbons (Fsp3) is 0.889. The lowest BCUT2D eigenvalue weighted by Crippen LogP contribution is -2.59. The Balaban J connectivity index is 2.06. The van der Waals surface area contributed by atoms with Crippen LogP contribution in [0.2, 0.25) is 0 Å². The maximum absolute atomic E-state index is 7.59. The van der Waals surface area contributed by atoms with Gasteiger partial charge in [0.15, 0.2) is 0 Å². The van der Waals surface area contributed by atoms with Crippen LogP contribution in [0.5, 0.6) is 0 Å². The van der Waals surface area contributed by atoms with E-state index in [4.69, 9.17) is 5.41 Å². The van der Waals surface area contributed by atoms with Crippen molar-refractivity contribution in [2.75, 3.05) is 13.6 Å². The topological polar surface area (TPSA) is 39.1 Å². The van der Waals surface area contributed by atoms with Crippen molar-refractivity contribution >= 4 is 5.84 Å². The van der Waals surface area contributed by atoms with Gasteiger partial charge in [0.2, 0.25) is 0 Å². The lowest BCUT2D eigenvalue weighted by molar-refractivity contribution is 0.157. The van der Waals surface area contributed by atoms with E-state index in [0.29, 0.717) is 17.9 Å². The molecule has 0 spiro atoms. The van der Waals surface area contributed by atoms with E-state index in [1.54, 1.807) is 0 Å². The van der Waals surface area contributed by atoms with Crippen molar-refractivity contribution in [2.45, 2.75) is 37.8 Å². The predicted octanol–water partition coefficient (Wildman–Crippen LogP) is 0.810. The molecule has 12 heavy (non-hydrogen) atoms. The summed E-state index contributed by atoms with van der Waals surface area (Å²) in [6.45, 7) is 0.807. The monoisotopic (exact) mass is 167 g/mol. The Hall–Kier alpha value is -0.570. The number of nitrogens with zero attached hydrogens (tertiary/aromatic N) is 1. The van der Waals surface area contributed by atoms with Gasteiger partial charge in [-0.2, -0.15) is 0 Å². The molecule has 0 bridgehead atoms. The van der Waals surface area contributed by atoms with Crippen LogP contribution in [-0.2, 0) is 0 Å². The van der Waals surface area contributed by atoms with Gasteiger partial charge in [-0.15, -0.1) is 0 Å². The van der Waals surface area contributed by atoms with Crippen molar-refractivity contribution < 1.29 is 0 Å². The molecule has 1 aliphatic heterocycles. The maximum Gasteiger partial charge on any atom is 0.108 e. The van der Waals surface area contributed by atoms with E-state index in [-0.39, 0.29) is 0 Å². The molecule has 0 aromatic rings. The van der Waals surface area contributed by atoms with Crippen LogP contribution < -0.4 is 5.32 Å². The van der Waals surface area contributed by atoms with Crippen LogP contribution in [-0.4, -0.2) is 36.4 Å². The Bertz CT molecular complexity index is 190. The van der Waals surface area contributed by atoms with Gasteiger partial charge in [-0.3, -0.25) is 10.3 Å². The smallest absolute Gasteiger partial charge is 0.108 e. The molecule has 2 rings (SSSR count). The first-order valence-electron chi connectivity index (χ1n) is 4.81. The van der Waals surface area contributed by atoms with E-state index in [9.17, 15) is 0 Å². The zero-order chi connectivity index (χ0) is 8.55.